The molecule has 0 aromatic heterocycles. The molecule has 90 valence electrons. The van der Waals surface area contributed by atoms with Gasteiger partial charge in [0.2, 0.25) is 0 Å². The number of halogens is 2. The summed E-state index contributed by atoms with van der Waals surface area (Å²) in [7, 11) is 0. The zero-order chi connectivity index (χ0) is 12.4. The normalized spacial score (nSPS) is 15.0. The molecule has 1 aliphatic rings. The van der Waals surface area contributed by atoms with Gasteiger partial charge in [-0.2, -0.15) is 0 Å². The van der Waals surface area contributed by atoms with Crippen molar-refractivity contribution in [3.8, 4) is 0 Å². The van der Waals surface area contributed by atoms with E-state index in [0.29, 0.717) is 18.3 Å². The van der Waals surface area contributed by atoms with Crippen LogP contribution < -0.4 is 0 Å². The van der Waals surface area contributed by atoms with Crippen LogP contribution in [-0.4, -0.2) is 35.3 Å². The van der Waals surface area contributed by atoms with Gasteiger partial charge in [0, 0.05) is 12.1 Å². The molecule has 2 rings (SSSR count). The second kappa shape index (κ2) is 4.83. The lowest BCUT2D eigenvalue weighted by molar-refractivity contribution is 0.0860. The smallest absolute Gasteiger partial charge is 0.259 e. The Morgan fingerprint density at radius 3 is 2.82 bits per heavy atom. The van der Waals surface area contributed by atoms with Crippen LogP contribution in [0.25, 0.3) is 0 Å². The number of thioether (sulfide) groups is 1. The molecule has 0 bridgehead atoms. The van der Waals surface area contributed by atoms with Crippen LogP contribution in [0.5, 0.6) is 0 Å². The molecule has 17 heavy (non-hydrogen) atoms. The van der Waals surface area contributed by atoms with Gasteiger partial charge < -0.3 is 0 Å². The Morgan fingerprint density at radius 1 is 1.41 bits per heavy atom. The minimum Gasteiger partial charge on any atom is -0.286 e. The van der Waals surface area contributed by atoms with Gasteiger partial charge in [-0.3, -0.25) is 14.7 Å². The van der Waals surface area contributed by atoms with Gasteiger partial charge in [-0.25, -0.2) is 8.78 Å². The molecule has 0 fully saturated rings. The summed E-state index contributed by atoms with van der Waals surface area (Å²) in [6.07, 6.45) is 1.82. The Labute approximate surface area is 102 Å². The van der Waals surface area contributed by atoms with E-state index in [0.717, 1.165) is 12.1 Å². The van der Waals surface area contributed by atoms with Gasteiger partial charge in [0.1, 0.15) is 0 Å². The summed E-state index contributed by atoms with van der Waals surface area (Å²) in [6, 6.07) is 3.14. The second-order valence-electron chi connectivity index (χ2n) is 3.45. The zero-order valence-corrected chi connectivity index (χ0v) is 9.93. The highest BCUT2D eigenvalue weighted by atomic mass is 32.2. The molecule has 0 unspecified atom stereocenters. The molecule has 0 saturated heterocycles. The van der Waals surface area contributed by atoms with Crippen molar-refractivity contribution in [1.82, 2.24) is 4.90 Å². The third kappa shape index (κ3) is 2.31. The number of hydrogen-bond acceptors (Lipinski definition) is 3. The zero-order valence-electron chi connectivity index (χ0n) is 9.11. The first-order valence-electron chi connectivity index (χ1n) is 4.99. The molecule has 0 atom stereocenters. The van der Waals surface area contributed by atoms with Crippen LogP contribution in [0.2, 0.25) is 0 Å². The Balaban J connectivity index is 2.25. The largest absolute Gasteiger partial charge is 0.286 e. The molecular formula is C11H10F2N2OS. The fourth-order valence-electron chi connectivity index (χ4n) is 1.57. The average Bonchev–Trinajstić information content (AvgIpc) is 2.80. The number of hydrogen-bond donors (Lipinski definition) is 0. The van der Waals surface area contributed by atoms with Gasteiger partial charge in [-0.05, 0) is 24.5 Å². The summed E-state index contributed by atoms with van der Waals surface area (Å²) in [5, 5.41) is 0.611. The van der Waals surface area contributed by atoms with E-state index in [1.54, 1.807) is 0 Å². The molecule has 0 saturated carbocycles. The van der Waals surface area contributed by atoms with Crippen molar-refractivity contribution in [2.45, 2.75) is 0 Å². The van der Waals surface area contributed by atoms with E-state index in [2.05, 4.69) is 4.99 Å². The highest BCUT2D eigenvalue weighted by molar-refractivity contribution is 8.13. The quantitative estimate of drug-likeness (QED) is 0.771. The fourth-order valence-corrected chi connectivity index (χ4v) is 2.19. The minimum atomic E-state index is -1.02. The molecule has 0 N–H and O–H groups in total. The van der Waals surface area contributed by atoms with E-state index in [-0.39, 0.29) is 11.5 Å². The van der Waals surface area contributed by atoms with Crippen LogP contribution in [0.1, 0.15) is 10.4 Å². The number of aliphatic imine (C=N–C) groups is 1. The van der Waals surface area contributed by atoms with Crippen molar-refractivity contribution in [3.63, 3.8) is 0 Å². The van der Waals surface area contributed by atoms with Gasteiger partial charge >= 0.3 is 0 Å². The first-order valence-corrected chi connectivity index (χ1v) is 6.21. The number of amides is 1. The first-order chi connectivity index (χ1) is 8.13. The minimum absolute atomic E-state index is 0.132. The summed E-state index contributed by atoms with van der Waals surface area (Å²) in [5.74, 6) is -2.33. The number of carbonyl (C=O) groups excluding carboxylic acids is 1. The Kier molecular flexibility index (Phi) is 3.42. The lowest BCUT2D eigenvalue weighted by Gasteiger charge is -2.16. The predicted molar refractivity (Wildman–Crippen MR) is 63.2 cm³/mol. The lowest BCUT2D eigenvalue weighted by atomic mass is 10.2. The lowest BCUT2D eigenvalue weighted by Crippen LogP contribution is -2.32. The van der Waals surface area contributed by atoms with Crippen molar-refractivity contribution in [2.24, 2.45) is 4.99 Å². The number of rotatable bonds is 1. The Hall–Kier alpha value is -1.43. The van der Waals surface area contributed by atoms with Crippen LogP contribution >= 0.6 is 11.8 Å². The molecule has 0 aliphatic carbocycles. The Morgan fingerprint density at radius 2 is 2.18 bits per heavy atom. The van der Waals surface area contributed by atoms with E-state index in [1.165, 1.54) is 22.7 Å². The fraction of sp³-hybridized carbons (Fsp3) is 0.273. The number of benzene rings is 1. The molecule has 1 aliphatic heterocycles. The van der Waals surface area contributed by atoms with Crippen LogP contribution in [0.4, 0.5) is 8.78 Å². The molecule has 1 heterocycles. The summed E-state index contributed by atoms with van der Waals surface area (Å²) in [4.78, 5) is 17.6. The summed E-state index contributed by atoms with van der Waals surface area (Å²) >= 11 is 1.36. The molecular weight excluding hydrogens is 246 g/mol. The highest BCUT2D eigenvalue weighted by Crippen LogP contribution is 2.17. The first kappa shape index (κ1) is 12.0. The average molecular weight is 256 g/mol. The second-order valence-corrected chi connectivity index (χ2v) is 4.23. The van der Waals surface area contributed by atoms with Gasteiger partial charge in [0.15, 0.2) is 16.8 Å². The molecule has 3 nitrogen and oxygen atoms in total. The summed E-state index contributed by atoms with van der Waals surface area (Å²) < 4.78 is 25.8. The van der Waals surface area contributed by atoms with Crippen molar-refractivity contribution in [1.29, 1.82) is 0 Å². The topological polar surface area (TPSA) is 32.7 Å². The molecule has 0 radical (unpaired) electrons. The van der Waals surface area contributed by atoms with E-state index in [9.17, 15) is 13.6 Å². The van der Waals surface area contributed by atoms with E-state index in [4.69, 9.17) is 0 Å². The van der Waals surface area contributed by atoms with Crippen LogP contribution in [0, 0.1) is 11.6 Å². The highest BCUT2D eigenvalue weighted by Gasteiger charge is 2.24. The van der Waals surface area contributed by atoms with Crippen molar-refractivity contribution in [3.05, 3.63) is 35.4 Å². The molecule has 1 amide bonds. The maximum absolute atomic E-state index is 13.0. The third-order valence-electron chi connectivity index (χ3n) is 2.40. The van der Waals surface area contributed by atoms with Gasteiger partial charge in [-0.15, -0.1) is 0 Å². The molecule has 1 aromatic carbocycles. The Bertz CT molecular complexity index is 490. The van der Waals surface area contributed by atoms with Crippen molar-refractivity contribution in [2.75, 3.05) is 19.3 Å². The number of nitrogens with zero attached hydrogens (tertiary/aromatic N) is 2. The van der Waals surface area contributed by atoms with Crippen LogP contribution in [0.3, 0.4) is 0 Å². The SMILES string of the molecule is CSC1=NCCN1C(=O)c1ccc(F)c(F)c1. The summed E-state index contributed by atoms with van der Waals surface area (Å²) in [6.45, 7) is 1.03. The molecule has 0 spiro atoms. The summed E-state index contributed by atoms with van der Waals surface area (Å²) in [5.41, 5.74) is 0.132. The van der Waals surface area contributed by atoms with Crippen LogP contribution in [-0.2, 0) is 0 Å². The maximum Gasteiger partial charge on any atom is 0.259 e. The van der Waals surface area contributed by atoms with E-state index < -0.39 is 11.6 Å². The van der Waals surface area contributed by atoms with Crippen LogP contribution in [0.15, 0.2) is 23.2 Å². The van der Waals surface area contributed by atoms with E-state index in [1.807, 2.05) is 6.26 Å². The van der Waals surface area contributed by atoms with Gasteiger partial charge in [0.25, 0.3) is 5.91 Å². The number of carbonyl (C=O) groups is 1. The molecule has 6 heteroatoms. The molecule has 1 aromatic rings. The third-order valence-corrected chi connectivity index (χ3v) is 3.11. The van der Waals surface area contributed by atoms with Gasteiger partial charge in [-0.1, -0.05) is 11.8 Å². The van der Waals surface area contributed by atoms with Gasteiger partial charge in [0.05, 0.1) is 6.54 Å². The van der Waals surface area contributed by atoms with Crippen molar-refractivity contribution >= 4 is 22.8 Å². The predicted octanol–water partition coefficient (Wildman–Crippen LogP) is 2.14. The number of amidine groups is 1. The monoisotopic (exact) mass is 256 g/mol. The standard InChI is InChI=1S/C11H10F2N2OS/c1-17-11-14-4-5-15(11)10(16)7-2-3-8(12)9(13)6-7/h2-3,6H,4-5H2,1H3. The van der Waals surface area contributed by atoms with E-state index >= 15 is 0 Å². The van der Waals surface area contributed by atoms with Crippen molar-refractivity contribution < 1.29 is 13.6 Å². The maximum atomic E-state index is 13.0.